The maximum atomic E-state index is 2.43. The van der Waals surface area contributed by atoms with Gasteiger partial charge in [0.05, 0.1) is 0 Å². The van der Waals surface area contributed by atoms with E-state index in [0.717, 1.165) is 0 Å². The van der Waals surface area contributed by atoms with Gasteiger partial charge in [-0.1, -0.05) is 0 Å². The molecule has 1 fully saturated rings. The number of rotatable bonds is 3. The van der Waals surface area contributed by atoms with E-state index < -0.39 is 20.6 Å². The van der Waals surface area contributed by atoms with Crippen LogP contribution in [-0.2, 0) is 20.6 Å². The molecular weight excluding hydrogens is 470 g/mol. The van der Waals surface area contributed by atoms with Crippen LogP contribution in [0.2, 0.25) is 12.1 Å². The summed E-state index contributed by atoms with van der Waals surface area (Å²) in [7, 11) is 0. The molecule has 1 saturated heterocycles. The third-order valence-corrected chi connectivity index (χ3v) is 37.5. The Labute approximate surface area is 144 Å². The predicted molar refractivity (Wildman–Crippen MR) is 78.9 cm³/mol. The van der Waals surface area contributed by atoms with Gasteiger partial charge in [-0.15, -0.1) is 0 Å². The molecule has 3 rings (SSSR count). The van der Waals surface area contributed by atoms with Gasteiger partial charge in [-0.05, 0) is 0 Å². The quantitative estimate of drug-likeness (QED) is 0.425. The van der Waals surface area contributed by atoms with E-state index >= 15 is 0 Å². The number of hydrogen-bond donors (Lipinski definition) is 0. The van der Waals surface area contributed by atoms with Crippen LogP contribution < -0.4 is 24.8 Å². The molecular formula is C16H23Cl2HfSi. The van der Waals surface area contributed by atoms with Crippen molar-refractivity contribution in [3.05, 3.63) is 42.1 Å². The summed E-state index contributed by atoms with van der Waals surface area (Å²) in [6.07, 6.45) is 15.4. The van der Waals surface area contributed by atoms with Crippen LogP contribution in [-0.4, -0.2) is 5.98 Å². The summed E-state index contributed by atoms with van der Waals surface area (Å²) >= 11 is -1.60. The Bertz CT molecular complexity index is 435. The van der Waals surface area contributed by atoms with E-state index in [0.29, 0.717) is 0 Å². The topological polar surface area (TPSA) is 0 Å². The maximum absolute atomic E-state index is 2.43. The Morgan fingerprint density at radius 2 is 1.30 bits per heavy atom. The van der Waals surface area contributed by atoms with E-state index in [9.17, 15) is 0 Å². The second-order valence-electron chi connectivity index (χ2n) is 5.93. The van der Waals surface area contributed by atoms with Crippen molar-refractivity contribution in [1.29, 1.82) is 0 Å². The molecule has 0 aromatic carbocycles. The maximum Gasteiger partial charge on any atom is -1.00 e. The van der Waals surface area contributed by atoms with Crippen LogP contribution in [0, 0.1) is 0 Å². The molecule has 4 heteroatoms. The van der Waals surface area contributed by atoms with Gasteiger partial charge in [-0.2, -0.15) is 0 Å². The van der Waals surface area contributed by atoms with Crippen LogP contribution >= 0.6 is 0 Å². The standard InChI is InChI=1S/2C6H7.C4H9Si.2ClH.Hf/c2*1-6-4-2-3-5-6;1-2-4-5-3-1;;;/h2*2,4H,3H2,1H3;5H,1-4H2;2*1H;/q;;;;;+2/p-2. The number of hydrogen-bond acceptors (Lipinski definition) is 0. The van der Waals surface area contributed by atoms with E-state index in [4.69, 9.17) is 0 Å². The zero-order chi connectivity index (χ0) is 12.5. The van der Waals surface area contributed by atoms with E-state index in [1.807, 2.05) is 6.66 Å². The molecule has 0 aromatic heterocycles. The molecule has 0 nitrogen and oxygen atoms in total. The van der Waals surface area contributed by atoms with Gasteiger partial charge >= 0.3 is 120 Å². The summed E-state index contributed by atoms with van der Waals surface area (Å²) in [6, 6.07) is 3.35. The van der Waals surface area contributed by atoms with Crippen molar-refractivity contribution in [3.8, 4) is 0 Å². The smallest absolute Gasteiger partial charge is 1.00 e. The van der Waals surface area contributed by atoms with Gasteiger partial charge in [0.15, 0.2) is 0 Å². The molecule has 0 bridgehead atoms. The first-order valence-corrected chi connectivity index (χ1v) is 19.4. The van der Waals surface area contributed by atoms with Gasteiger partial charge in [0.25, 0.3) is 0 Å². The second kappa shape index (κ2) is 8.31. The number of halogens is 2. The summed E-state index contributed by atoms with van der Waals surface area (Å²) in [5.74, 6) is -0.362. The Morgan fingerprint density at radius 1 is 0.850 bits per heavy atom. The monoisotopic (exact) mass is 493 g/mol. The fourth-order valence-electron chi connectivity index (χ4n) is 3.76. The zero-order valence-corrected chi connectivity index (χ0v) is 18.6. The molecule has 3 aliphatic rings. The minimum Gasteiger partial charge on any atom is -1.00 e. The van der Waals surface area contributed by atoms with Crippen molar-refractivity contribution in [1.82, 2.24) is 0 Å². The third kappa shape index (κ3) is 3.69. The van der Waals surface area contributed by atoms with Crippen LogP contribution in [0.15, 0.2) is 42.1 Å². The van der Waals surface area contributed by atoms with Crippen LogP contribution in [0.5, 0.6) is 0 Å². The van der Waals surface area contributed by atoms with Gasteiger partial charge in [0, 0.05) is 0 Å². The average molecular weight is 493 g/mol. The molecule has 0 amide bonds. The van der Waals surface area contributed by atoms with Crippen LogP contribution in [0.4, 0.5) is 0 Å². The van der Waals surface area contributed by atoms with E-state index in [1.54, 1.807) is 36.1 Å². The third-order valence-electron chi connectivity index (χ3n) is 4.75. The molecule has 0 spiro atoms. The Morgan fingerprint density at radius 3 is 1.65 bits per heavy atom. The van der Waals surface area contributed by atoms with Crippen molar-refractivity contribution in [2.75, 3.05) is 0 Å². The minimum absolute atomic E-state index is 0. The van der Waals surface area contributed by atoms with Crippen molar-refractivity contribution in [3.63, 3.8) is 0 Å². The molecule has 1 heterocycles. The van der Waals surface area contributed by atoms with Gasteiger partial charge in [0.2, 0.25) is 0 Å². The molecule has 0 aromatic rings. The van der Waals surface area contributed by atoms with Gasteiger partial charge in [0.1, 0.15) is 0 Å². The predicted octanol–water partition coefficient (Wildman–Crippen LogP) is -1.40. The fourth-order valence-corrected chi connectivity index (χ4v) is 41.5. The average Bonchev–Trinajstić information content (AvgIpc) is 3.05. The number of allylic oxidation sites excluding steroid dienone is 8. The molecule has 1 aliphatic heterocycles. The van der Waals surface area contributed by atoms with Crippen molar-refractivity contribution >= 4 is 5.98 Å². The summed E-state index contributed by atoms with van der Waals surface area (Å²) < 4.78 is 3.99. The normalized spacial score (nSPS) is 21.5. The summed E-state index contributed by atoms with van der Waals surface area (Å²) in [5.41, 5.74) is 3.34. The van der Waals surface area contributed by atoms with Gasteiger partial charge in [-0.25, -0.2) is 0 Å². The molecule has 20 heavy (non-hydrogen) atoms. The first kappa shape index (κ1) is 18.7. The fraction of sp³-hybridized carbons (Fsp3) is 0.500. The summed E-state index contributed by atoms with van der Waals surface area (Å²) in [5, 5.41) is 0. The summed E-state index contributed by atoms with van der Waals surface area (Å²) in [4.78, 5) is 0. The molecule has 0 saturated carbocycles. The first-order valence-electron chi connectivity index (χ1n) is 7.37. The Kier molecular flexibility index (Phi) is 7.76. The molecule has 109 valence electrons. The van der Waals surface area contributed by atoms with E-state index in [-0.39, 0.29) is 30.8 Å². The molecule has 2 aliphatic carbocycles. The molecule has 0 radical (unpaired) electrons. The SMILES string of the molecule is CC1=[C]([Hf+2]([C]2=C(C)C=CC2)[SiH]2CCCC2)CC=C1.[Cl-].[Cl-]. The van der Waals surface area contributed by atoms with Crippen LogP contribution in [0.3, 0.4) is 0 Å². The first-order chi connectivity index (χ1) is 8.77. The Balaban J connectivity index is 0.000001000. The minimum atomic E-state index is -1.60. The molecule has 0 unspecified atom stereocenters. The largest absolute Gasteiger partial charge is 1.00 e. The van der Waals surface area contributed by atoms with Crippen molar-refractivity contribution < 1.29 is 45.4 Å². The van der Waals surface area contributed by atoms with Gasteiger partial charge in [-0.3, -0.25) is 0 Å². The second-order valence-corrected chi connectivity index (χ2v) is 29.3. The van der Waals surface area contributed by atoms with Crippen LogP contribution in [0.25, 0.3) is 0 Å². The molecule has 0 atom stereocenters. The van der Waals surface area contributed by atoms with E-state index in [2.05, 4.69) is 38.2 Å². The Hall–Kier alpha value is 0.627. The van der Waals surface area contributed by atoms with Crippen molar-refractivity contribution in [2.24, 2.45) is 0 Å². The van der Waals surface area contributed by atoms with Gasteiger partial charge < -0.3 is 24.8 Å². The molecule has 0 N–H and O–H groups in total. The summed E-state index contributed by atoms with van der Waals surface area (Å²) in [6.45, 7) is 4.76. The van der Waals surface area contributed by atoms with Crippen LogP contribution in [0.1, 0.15) is 39.5 Å². The zero-order valence-electron chi connectivity index (χ0n) is 12.4. The van der Waals surface area contributed by atoms with E-state index in [1.165, 1.54) is 12.8 Å². The van der Waals surface area contributed by atoms with Crippen molar-refractivity contribution in [2.45, 2.75) is 51.6 Å².